The number of rotatable bonds is 6. The average Bonchev–Trinajstić information content (AvgIpc) is 2.33. The van der Waals surface area contributed by atoms with Crippen molar-refractivity contribution in [3.8, 4) is 6.07 Å². The minimum absolute atomic E-state index is 0.00953. The maximum atomic E-state index is 9.06. The molecule has 1 fully saturated rings. The number of ether oxygens (including phenoxy) is 1. The Morgan fingerprint density at radius 1 is 1.44 bits per heavy atom. The third kappa shape index (κ3) is 4.93. The Balaban J connectivity index is 2.21. The molecule has 1 saturated heterocycles. The van der Waals surface area contributed by atoms with Gasteiger partial charge in [-0.1, -0.05) is 0 Å². The number of nitrogens with one attached hydrogen (secondary N) is 1. The fourth-order valence-corrected chi connectivity index (χ4v) is 2.36. The molecule has 1 aliphatic rings. The smallest absolute Gasteiger partial charge is 0.103 e. The molecule has 0 amide bonds. The summed E-state index contributed by atoms with van der Waals surface area (Å²) in [6.07, 6.45) is 3.14. The first-order valence-corrected chi connectivity index (χ1v) is 6.87. The van der Waals surface area contributed by atoms with E-state index in [-0.39, 0.29) is 11.1 Å². The predicted molar refractivity (Wildman–Crippen MR) is 73.4 cm³/mol. The highest BCUT2D eigenvalue weighted by atomic mass is 16.5. The molecule has 0 aromatic rings. The van der Waals surface area contributed by atoms with Gasteiger partial charge in [-0.3, -0.25) is 4.90 Å². The minimum Gasteiger partial charge on any atom is -0.373 e. The Bertz CT molecular complexity index is 298. The first-order chi connectivity index (χ1) is 8.41. The normalized spacial score (nSPS) is 23.3. The van der Waals surface area contributed by atoms with Crippen molar-refractivity contribution < 1.29 is 4.74 Å². The lowest BCUT2D eigenvalue weighted by atomic mass is 9.96. The third-order valence-electron chi connectivity index (χ3n) is 3.70. The summed E-state index contributed by atoms with van der Waals surface area (Å²) >= 11 is 0. The molecule has 4 heteroatoms. The number of morpholine rings is 1. The maximum absolute atomic E-state index is 9.06. The van der Waals surface area contributed by atoms with Crippen LogP contribution in [0.3, 0.4) is 0 Å². The summed E-state index contributed by atoms with van der Waals surface area (Å²) in [6.45, 7) is 10.2. The van der Waals surface area contributed by atoms with Gasteiger partial charge in [0.05, 0.1) is 18.3 Å². The largest absolute Gasteiger partial charge is 0.373 e. The highest BCUT2D eigenvalue weighted by Gasteiger charge is 2.27. The Morgan fingerprint density at radius 2 is 2.17 bits per heavy atom. The number of unbranched alkanes of at least 4 members (excludes halogenated alkanes) is 1. The fourth-order valence-electron chi connectivity index (χ4n) is 2.36. The van der Waals surface area contributed by atoms with Gasteiger partial charge >= 0.3 is 0 Å². The summed E-state index contributed by atoms with van der Waals surface area (Å²) in [7, 11) is 1.85. The van der Waals surface area contributed by atoms with Gasteiger partial charge in [-0.2, -0.15) is 5.26 Å². The zero-order valence-corrected chi connectivity index (χ0v) is 12.3. The standard InChI is InChI=1S/C14H27N3O/c1-13(2)12-17(9-10-18-13)8-6-5-7-14(3,11-15)16-4/h16H,5-10,12H2,1-4H3. The summed E-state index contributed by atoms with van der Waals surface area (Å²) in [5, 5.41) is 12.1. The molecule has 1 aliphatic heterocycles. The van der Waals surface area contributed by atoms with Crippen molar-refractivity contribution in [3.05, 3.63) is 0 Å². The first kappa shape index (κ1) is 15.4. The van der Waals surface area contributed by atoms with Gasteiger partial charge in [0.1, 0.15) is 5.54 Å². The van der Waals surface area contributed by atoms with Crippen molar-refractivity contribution >= 4 is 0 Å². The van der Waals surface area contributed by atoms with Crippen LogP contribution in [0.15, 0.2) is 0 Å². The van der Waals surface area contributed by atoms with Crippen molar-refractivity contribution in [3.63, 3.8) is 0 Å². The molecule has 0 bridgehead atoms. The van der Waals surface area contributed by atoms with Gasteiger partial charge in [0, 0.05) is 13.1 Å². The van der Waals surface area contributed by atoms with Crippen LogP contribution in [0.5, 0.6) is 0 Å². The summed E-state index contributed by atoms with van der Waals surface area (Å²) in [4.78, 5) is 2.46. The van der Waals surface area contributed by atoms with Crippen LogP contribution in [0.2, 0.25) is 0 Å². The molecule has 18 heavy (non-hydrogen) atoms. The second-order valence-electron chi connectivity index (χ2n) is 6.04. The van der Waals surface area contributed by atoms with Gasteiger partial charge < -0.3 is 10.1 Å². The molecule has 0 aliphatic carbocycles. The van der Waals surface area contributed by atoms with E-state index < -0.39 is 0 Å². The molecule has 1 N–H and O–H groups in total. The van der Waals surface area contributed by atoms with Crippen LogP contribution < -0.4 is 5.32 Å². The van der Waals surface area contributed by atoms with Crippen LogP contribution in [0.4, 0.5) is 0 Å². The quantitative estimate of drug-likeness (QED) is 0.733. The van der Waals surface area contributed by atoms with E-state index in [9.17, 15) is 0 Å². The van der Waals surface area contributed by atoms with Crippen molar-refractivity contribution in [2.75, 3.05) is 33.3 Å². The van der Waals surface area contributed by atoms with Crippen molar-refractivity contribution in [1.29, 1.82) is 5.26 Å². The Morgan fingerprint density at radius 3 is 2.72 bits per heavy atom. The molecule has 1 heterocycles. The lowest BCUT2D eigenvalue weighted by Crippen LogP contribution is -2.48. The van der Waals surface area contributed by atoms with Crippen LogP contribution >= 0.6 is 0 Å². The van der Waals surface area contributed by atoms with Gasteiger partial charge in [0.2, 0.25) is 0 Å². The molecule has 1 atom stereocenters. The number of nitriles is 1. The topological polar surface area (TPSA) is 48.3 Å². The molecule has 4 nitrogen and oxygen atoms in total. The molecule has 0 aromatic heterocycles. The van der Waals surface area contributed by atoms with Crippen molar-refractivity contribution in [1.82, 2.24) is 10.2 Å². The van der Waals surface area contributed by atoms with E-state index in [4.69, 9.17) is 10.00 Å². The van der Waals surface area contributed by atoms with Crippen LogP contribution in [0, 0.1) is 11.3 Å². The van der Waals surface area contributed by atoms with E-state index >= 15 is 0 Å². The lowest BCUT2D eigenvalue weighted by Gasteiger charge is -2.38. The van der Waals surface area contributed by atoms with Crippen molar-refractivity contribution in [2.45, 2.75) is 51.2 Å². The van der Waals surface area contributed by atoms with Crippen LogP contribution in [-0.4, -0.2) is 49.3 Å². The van der Waals surface area contributed by atoms with Gasteiger partial charge in [0.25, 0.3) is 0 Å². The monoisotopic (exact) mass is 253 g/mol. The SMILES string of the molecule is CNC(C)(C#N)CCCCN1CCOC(C)(C)C1. The van der Waals surface area contributed by atoms with E-state index in [2.05, 4.69) is 30.1 Å². The van der Waals surface area contributed by atoms with E-state index in [0.29, 0.717) is 0 Å². The van der Waals surface area contributed by atoms with Crippen LogP contribution in [-0.2, 0) is 4.74 Å². The molecule has 1 unspecified atom stereocenters. The molecular formula is C14H27N3O. The Kier molecular flexibility index (Phi) is 5.58. The van der Waals surface area contributed by atoms with E-state index in [1.807, 2.05) is 14.0 Å². The number of nitrogens with zero attached hydrogens (tertiary/aromatic N) is 2. The molecule has 0 aromatic carbocycles. The number of hydrogen-bond donors (Lipinski definition) is 1. The fraction of sp³-hybridized carbons (Fsp3) is 0.929. The van der Waals surface area contributed by atoms with E-state index in [1.165, 1.54) is 0 Å². The molecular weight excluding hydrogens is 226 g/mol. The molecule has 0 saturated carbocycles. The Labute approximate surface area is 111 Å². The average molecular weight is 253 g/mol. The minimum atomic E-state index is -0.371. The Hall–Kier alpha value is -0.630. The van der Waals surface area contributed by atoms with E-state index in [0.717, 1.165) is 45.5 Å². The van der Waals surface area contributed by atoms with Crippen LogP contribution in [0.25, 0.3) is 0 Å². The predicted octanol–water partition coefficient (Wildman–Crippen LogP) is 1.77. The summed E-state index contributed by atoms with van der Waals surface area (Å²) in [5.74, 6) is 0. The zero-order chi connectivity index (χ0) is 13.6. The second kappa shape index (κ2) is 6.51. The summed E-state index contributed by atoms with van der Waals surface area (Å²) in [5.41, 5.74) is -0.380. The van der Waals surface area contributed by atoms with Crippen molar-refractivity contribution in [2.24, 2.45) is 0 Å². The zero-order valence-electron chi connectivity index (χ0n) is 12.3. The number of hydrogen-bond acceptors (Lipinski definition) is 4. The van der Waals surface area contributed by atoms with Gasteiger partial charge in [-0.05, 0) is 53.6 Å². The van der Waals surface area contributed by atoms with Gasteiger partial charge in [0.15, 0.2) is 0 Å². The van der Waals surface area contributed by atoms with E-state index in [1.54, 1.807) is 0 Å². The lowest BCUT2D eigenvalue weighted by molar-refractivity contribution is -0.0861. The summed E-state index contributed by atoms with van der Waals surface area (Å²) in [6, 6.07) is 2.33. The first-order valence-electron chi connectivity index (χ1n) is 6.87. The highest BCUT2D eigenvalue weighted by Crippen LogP contribution is 2.18. The third-order valence-corrected chi connectivity index (χ3v) is 3.70. The molecule has 0 spiro atoms. The molecule has 1 rings (SSSR count). The molecule has 0 radical (unpaired) electrons. The van der Waals surface area contributed by atoms with Gasteiger partial charge in [-0.15, -0.1) is 0 Å². The van der Waals surface area contributed by atoms with Gasteiger partial charge in [-0.25, -0.2) is 0 Å². The molecule has 104 valence electrons. The maximum Gasteiger partial charge on any atom is 0.103 e. The highest BCUT2D eigenvalue weighted by molar-refractivity contribution is 5.02. The van der Waals surface area contributed by atoms with Crippen LogP contribution in [0.1, 0.15) is 40.0 Å². The second-order valence-corrected chi connectivity index (χ2v) is 6.04. The summed E-state index contributed by atoms with van der Waals surface area (Å²) < 4.78 is 5.70.